The molecule has 1 heterocycles. The molecule has 0 aliphatic heterocycles. The summed E-state index contributed by atoms with van der Waals surface area (Å²) in [4.78, 5) is 23.7. The zero-order chi connectivity index (χ0) is 15.0. The zero-order valence-corrected chi connectivity index (χ0v) is 11.5. The Labute approximate surface area is 121 Å². The molecule has 0 spiro atoms. The number of aromatic nitrogens is 1. The maximum atomic E-state index is 12.3. The van der Waals surface area contributed by atoms with E-state index in [4.69, 9.17) is 5.73 Å². The number of Topliss-reactive ketones (excluding diaryl/α,β-unsaturated/α-hetero) is 1. The van der Waals surface area contributed by atoms with Crippen LogP contribution >= 0.6 is 0 Å². The molecule has 21 heavy (non-hydrogen) atoms. The van der Waals surface area contributed by atoms with Crippen molar-refractivity contribution in [3.63, 3.8) is 0 Å². The average Bonchev–Trinajstić information content (AvgIpc) is 2.81. The van der Waals surface area contributed by atoms with Gasteiger partial charge in [-0.15, -0.1) is 0 Å². The van der Waals surface area contributed by atoms with Crippen LogP contribution in [0.25, 0.3) is 22.2 Å². The molecule has 0 saturated carbocycles. The van der Waals surface area contributed by atoms with Gasteiger partial charge in [0.25, 0.3) is 11.7 Å². The van der Waals surface area contributed by atoms with Crippen LogP contribution in [-0.2, 0) is 11.8 Å². The molecule has 0 unspecified atom stereocenters. The second kappa shape index (κ2) is 4.90. The number of carbonyl (C=O) groups is 2. The van der Waals surface area contributed by atoms with Gasteiger partial charge in [0, 0.05) is 18.0 Å². The lowest BCUT2D eigenvalue weighted by atomic mass is 10.0. The van der Waals surface area contributed by atoms with Gasteiger partial charge in [-0.3, -0.25) is 9.59 Å². The number of nitrogens with zero attached hydrogens (tertiary/aromatic N) is 1. The van der Waals surface area contributed by atoms with Crippen molar-refractivity contribution in [3.05, 3.63) is 60.2 Å². The minimum Gasteiger partial charge on any atom is -0.363 e. The highest BCUT2D eigenvalue weighted by molar-refractivity contribution is 6.45. The predicted molar refractivity (Wildman–Crippen MR) is 81.9 cm³/mol. The van der Waals surface area contributed by atoms with Crippen LogP contribution in [0.1, 0.15) is 10.4 Å². The summed E-state index contributed by atoms with van der Waals surface area (Å²) in [6, 6.07) is 17.0. The molecule has 0 aliphatic rings. The van der Waals surface area contributed by atoms with Gasteiger partial charge < -0.3 is 10.3 Å². The fourth-order valence-corrected chi connectivity index (χ4v) is 2.68. The molecule has 2 N–H and O–H groups in total. The maximum absolute atomic E-state index is 12.3. The van der Waals surface area contributed by atoms with Gasteiger partial charge in [-0.05, 0) is 11.6 Å². The smallest absolute Gasteiger partial charge is 0.289 e. The first kappa shape index (κ1) is 13.1. The first-order valence-electron chi connectivity index (χ1n) is 6.58. The molecule has 0 radical (unpaired) electrons. The van der Waals surface area contributed by atoms with Crippen LogP contribution in [-0.4, -0.2) is 16.3 Å². The molecule has 0 fully saturated rings. The topological polar surface area (TPSA) is 65.1 Å². The zero-order valence-electron chi connectivity index (χ0n) is 11.5. The maximum Gasteiger partial charge on any atom is 0.289 e. The Hall–Kier alpha value is -2.88. The first-order valence-corrected chi connectivity index (χ1v) is 6.58. The molecule has 0 aliphatic carbocycles. The molecular weight excluding hydrogens is 264 g/mol. The average molecular weight is 278 g/mol. The summed E-state index contributed by atoms with van der Waals surface area (Å²) in [5, 5.41) is 0.739. The second-order valence-corrected chi connectivity index (χ2v) is 4.86. The Bertz CT molecular complexity index is 848. The van der Waals surface area contributed by atoms with Gasteiger partial charge in [0.15, 0.2) is 0 Å². The number of fused-ring (bicyclic) bond motifs is 1. The SMILES string of the molecule is Cn1c(-c2ccccc2)c(C(=O)C(N)=O)c2ccccc21. The Morgan fingerprint density at radius 2 is 1.57 bits per heavy atom. The fourth-order valence-electron chi connectivity index (χ4n) is 2.68. The van der Waals surface area contributed by atoms with Crippen LogP contribution in [0.3, 0.4) is 0 Å². The number of amides is 1. The second-order valence-electron chi connectivity index (χ2n) is 4.86. The van der Waals surface area contributed by atoms with Crippen molar-refractivity contribution in [2.75, 3.05) is 0 Å². The molecule has 4 heteroatoms. The lowest BCUT2D eigenvalue weighted by Gasteiger charge is -2.06. The van der Waals surface area contributed by atoms with E-state index in [1.165, 1.54) is 0 Å². The van der Waals surface area contributed by atoms with Gasteiger partial charge in [0.2, 0.25) is 0 Å². The normalized spacial score (nSPS) is 10.7. The molecular formula is C17H14N2O2. The minimum atomic E-state index is -0.941. The number of aryl methyl sites for hydroxylation is 1. The van der Waals surface area contributed by atoms with Gasteiger partial charge in [0.1, 0.15) is 0 Å². The fraction of sp³-hybridized carbons (Fsp3) is 0.0588. The van der Waals surface area contributed by atoms with Crippen LogP contribution in [0.5, 0.6) is 0 Å². The standard InChI is InChI=1S/C17H14N2O2/c1-19-13-10-6-5-9-12(13)14(16(20)17(18)21)15(19)11-7-3-2-4-8-11/h2-10H,1H3,(H2,18,21). The van der Waals surface area contributed by atoms with Crippen LogP contribution in [0.2, 0.25) is 0 Å². The van der Waals surface area contributed by atoms with E-state index in [9.17, 15) is 9.59 Å². The predicted octanol–water partition coefficient (Wildman–Crippen LogP) is 2.51. The number of para-hydroxylation sites is 1. The van der Waals surface area contributed by atoms with Crippen LogP contribution < -0.4 is 5.73 Å². The summed E-state index contributed by atoms with van der Waals surface area (Å²) >= 11 is 0. The molecule has 0 saturated heterocycles. The number of ketones is 1. The number of carbonyl (C=O) groups excluding carboxylic acids is 2. The molecule has 0 atom stereocenters. The summed E-state index contributed by atoms with van der Waals surface area (Å²) in [6.07, 6.45) is 0. The number of rotatable bonds is 3. The minimum absolute atomic E-state index is 0.367. The largest absolute Gasteiger partial charge is 0.363 e. The summed E-state index contributed by atoms with van der Waals surface area (Å²) < 4.78 is 1.92. The van der Waals surface area contributed by atoms with Crippen molar-refractivity contribution in [1.29, 1.82) is 0 Å². The van der Waals surface area contributed by atoms with Gasteiger partial charge in [0.05, 0.1) is 11.3 Å². The van der Waals surface area contributed by atoms with Crippen molar-refractivity contribution in [2.24, 2.45) is 12.8 Å². The van der Waals surface area contributed by atoms with Crippen molar-refractivity contribution < 1.29 is 9.59 Å². The van der Waals surface area contributed by atoms with E-state index in [1.807, 2.05) is 66.2 Å². The molecule has 4 nitrogen and oxygen atoms in total. The lowest BCUT2D eigenvalue weighted by molar-refractivity contribution is -0.114. The van der Waals surface area contributed by atoms with Gasteiger partial charge in [-0.25, -0.2) is 0 Å². The number of hydrogen-bond acceptors (Lipinski definition) is 2. The molecule has 3 rings (SSSR count). The van der Waals surface area contributed by atoms with Crippen molar-refractivity contribution in [2.45, 2.75) is 0 Å². The van der Waals surface area contributed by atoms with Gasteiger partial charge in [-0.1, -0.05) is 48.5 Å². The summed E-state index contributed by atoms with van der Waals surface area (Å²) in [5.41, 5.74) is 8.06. The Morgan fingerprint density at radius 3 is 2.24 bits per heavy atom. The molecule has 0 bridgehead atoms. The Kier molecular flexibility index (Phi) is 3.06. The highest BCUT2D eigenvalue weighted by Crippen LogP contribution is 2.33. The highest BCUT2D eigenvalue weighted by atomic mass is 16.2. The molecule has 2 aromatic carbocycles. The highest BCUT2D eigenvalue weighted by Gasteiger charge is 2.24. The first-order chi connectivity index (χ1) is 10.1. The van der Waals surface area contributed by atoms with Gasteiger partial charge in [-0.2, -0.15) is 0 Å². The molecule has 104 valence electrons. The van der Waals surface area contributed by atoms with Crippen molar-refractivity contribution >= 4 is 22.6 Å². The van der Waals surface area contributed by atoms with Crippen LogP contribution in [0.15, 0.2) is 54.6 Å². The quantitative estimate of drug-likeness (QED) is 0.591. The summed E-state index contributed by atoms with van der Waals surface area (Å²) in [5.74, 6) is -1.60. The molecule has 3 aromatic rings. The van der Waals surface area contributed by atoms with E-state index in [-0.39, 0.29) is 0 Å². The monoisotopic (exact) mass is 278 g/mol. The number of nitrogens with two attached hydrogens (primary N) is 1. The van der Waals surface area contributed by atoms with E-state index in [0.29, 0.717) is 11.3 Å². The number of primary amides is 1. The summed E-state index contributed by atoms with van der Waals surface area (Å²) in [6.45, 7) is 0. The van der Waals surface area contributed by atoms with E-state index in [0.717, 1.165) is 16.5 Å². The number of benzene rings is 2. The number of hydrogen-bond donors (Lipinski definition) is 1. The molecule has 1 amide bonds. The van der Waals surface area contributed by atoms with Crippen molar-refractivity contribution in [3.8, 4) is 11.3 Å². The van der Waals surface area contributed by atoms with E-state index < -0.39 is 11.7 Å². The third kappa shape index (κ3) is 2.01. The third-order valence-corrected chi connectivity index (χ3v) is 3.61. The van der Waals surface area contributed by atoms with E-state index in [1.54, 1.807) is 0 Å². The molecule has 1 aromatic heterocycles. The Morgan fingerprint density at radius 1 is 0.952 bits per heavy atom. The van der Waals surface area contributed by atoms with Gasteiger partial charge >= 0.3 is 0 Å². The third-order valence-electron chi connectivity index (χ3n) is 3.61. The van der Waals surface area contributed by atoms with Crippen LogP contribution in [0.4, 0.5) is 0 Å². The summed E-state index contributed by atoms with van der Waals surface area (Å²) in [7, 11) is 1.88. The Balaban J connectivity index is 2.43. The van der Waals surface area contributed by atoms with E-state index >= 15 is 0 Å². The van der Waals surface area contributed by atoms with Crippen molar-refractivity contribution in [1.82, 2.24) is 4.57 Å². The van der Waals surface area contributed by atoms with E-state index in [2.05, 4.69) is 0 Å². The lowest BCUT2D eigenvalue weighted by Crippen LogP contribution is -2.23. The van der Waals surface area contributed by atoms with Crippen LogP contribution in [0, 0.1) is 0 Å².